The molecule has 1 amide bonds. The summed E-state index contributed by atoms with van der Waals surface area (Å²) in [6, 6.07) is 7.42. The quantitative estimate of drug-likeness (QED) is 0.796. The lowest BCUT2D eigenvalue weighted by Gasteiger charge is -2.13. The second-order valence-corrected chi connectivity index (χ2v) is 4.19. The van der Waals surface area contributed by atoms with Crippen LogP contribution in [0.25, 0.3) is 0 Å². The number of carbonyl (C=O) groups is 1. The van der Waals surface area contributed by atoms with E-state index < -0.39 is 0 Å². The third kappa shape index (κ3) is 2.89. The zero-order chi connectivity index (χ0) is 10.8. The smallest absolute Gasteiger partial charge is 0.253 e. The Kier molecular flexibility index (Phi) is 4.19. The molecule has 1 aromatic rings. The van der Waals surface area contributed by atoms with E-state index >= 15 is 0 Å². The highest BCUT2D eigenvalue weighted by Crippen LogP contribution is 2.32. The summed E-state index contributed by atoms with van der Waals surface area (Å²) in [6.45, 7) is 2.05. The number of hydrogen-bond donors (Lipinski definition) is 2. The summed E-state index contributed by atoms with van der Waals surface area (Å²) < 4.78 is 0. The van der Waals surface area contributed by atoms with E-state index in [1.165, 1.54) is 12.8 Å². The average molecular weight is 241 g/mol. The first-order chi connectivity index (χ1) is 7.18. The topological polar surface area (TPSA) is 55.1 Å². The van der Waals surface area contributed by atoms with Crippen LogP contribution in [0.5, 0.6) is 0 Å². The minimum Gasteiger partial charge on any atom is -0.398 e. The second-order valence-electron chi connectivity index (χ2n) is 4.19. The summed E-state index contributed by atoms with van der Waals surface area (Å²) in [6.07, 6.45) is 2.46. The fraction of sp³-hybridized carbons (Fsp3) is 0.417. The van der Waals surface area contributed by atoms with E-state index in [1.807, 2.05) is 12.1 Å². The van der Waals surface area contributed by atoms with E-state index in [0.29, 0.717) is 17.2 Å². The van der Waals surface area contributed by atoms with E-state index in [-0.39, 0.29) is 24.4 Å². The summed E-state index contributed by atoms with van der Waals surface area (Å²) in [5.74, 6) is 0.603. The van der Waals surface area contributed by atoms with Gasteiger partial charge in [-0.2, -0.15) is 0 Å². The Balaban J connectivity index is 0.00000128. The molecule has 1 aliphatic rings. The monoisotopic (exact) mass is 240 g/mol. The molecule has 16 heavy (non-hydrogen) atoms. The number of nitrogen functional groups attached to an aromatic ring is 1. The van der Waals surface area contributed by atoms with E-state index in [2.05, 4.69) is 12.2 Å². The maximum atomic E-state index is 11.8. The third-order valence-electron chi connectivity index (χ3n) is 2.89. The van der Waals surface area contributed by atoms with Gasteiger partial charge in [0, 0.05) is 11.7 Å². The normalized spacial score (nSPS) is 16.1. The molecule has 0 aromatic heterocycles. The van der Waals surface area contributed by atoms with Crippen molar-refractivity contribution in [2.24, 2.45) is 5.92 Å². The van der Waals surface area contributed by atoms with Gasteiger partial charge >= 0.3 is 0 Å². The van der Waals surface area contributed by atoms with Gasteiger partial charge in [-0.05, 0) is 37.8 Å². The molecule has 88 valence electrons. The Bertz CT molecular complexity index is 377. The molecule has 1 saturated carbocycles. The van der Waals surface area contributed by atoms with Crippen LogP contribution in [-0.4, -0.2) is 11.9 Å². The number of hydrogen-bond acceptors (Lipinski definition) is 2. The van der Waals surface area contributed by atoms with Crippen LogP contribution in [0.1, 0.15) is 30.1 Å². The molecular weight excluding hydrogens is 224 g/mol. The molecule has 1 unspecified atom stereocenters. The van der Waals surface area contributed by atoms with E-state index in [9.17, 15) is 4.79 Å². The van der Waals surface area contributed by atoms with Crippen molar-refractivity contribution in [2.45, 2.75) is 25.8 Å². The van der Waals surface area contributed by atoms with Crippen LogP contribution in [0.4, 0.5) is 5.69 Å². The van der Waals surface area contributed by atoms with Crippen LogP contribution < -0.4 is 11.1 Å². The van der Waals surface area contributed by atoms with Gasteiger partial charge in [0.1, 0.15) is 0 Å². The molecule has 1 aliphatic carbocycles. The maximum absolute atomic E-state index is 11.8. The highest BCUT2D eigenvalue weighted by atomic mass is 35.5. The summed E-state index contributed by atoms with van der Waals surface area (Å²) in [7, 11) is 0. The molecule has 0 aliphatic heterocycles. The molecule has 0 spiro atoms. The van der Waals surface area contributed by atoms with Crippen LogP contribution in [0, 0.1) is 5.92 Å². The minimum atomic E-state index is -0.0625. The minimum absolute atomic E-state index is 0. The molecule has 0 bridgehead atoms. The number of anilines is 1. The average Bonchev–Trinajstić information content (AvgIpc) is 3.01. The zero-order valence-corrected chi connectivity index (χ0v) is 10.1. The Morgan fingerprint density at radius 1 is 1.44 bits per heavy atom. The van der Waals surface area contributed by atoms with Crippen molar-refractivity contribution in [2.75, 3.05) is 5.73 Å². The van der Waals surface area contributed by atoms with Crippen LogP contribution in [0.2, 0.25) is 0 Å². The first-order valence-electron chi connectivity index (χ1n) is 5.34. The summed E-state index contributed by atoms with van der Waals surface area (Å²) in [5.41, 5.74) is 6.84. The van der Waals surface area contributed by atoms with Crippen molar-refractivity contribution in [3.05, 3.63) is 29.8 Å². The van der Waals surface area contributed by atoms with Gasteiger partial charge < -0.3 is 11.1 Å². The lowest BCUT2D eigenvalue weighted by molar-refractivity contribution is 0.0937. The first-order valence-corrected chi connectivity index (χ1v) is 5.34. The summed E-state index contributed by atoms with van der Waals surface area (Å²) in [4.78, 5) is 11.8. The molecule has 3 N–H and O–H groups in total. The van der Waals surface area contributed by atoms with Crippen LogP contribution >= 0.6 is 12.4 Å². The SMILES string of the molecule is CC(NC(=O)c1ccccc1N)C1CC1.Cl. The first kappa shape index (κ1) is 12.8. The molecule has 1 fully saturated rings. The number of halogens is 1. The number of carbonyl (C=O) groups excluding carboxylic acids is 1. The van der Waals surface area contributed by atoms with Gasteiger partial charge in [-0.25, -0.2) is 0 Å². The summed E-state index contributed by atoms with van der Waals surface area (Å²) >= 11 is 0. The van der Waals surface area contributed by atoms with Gasteiger partial charge in [0.2, 0.25) is 0 Å². The highest BCUT2D eigenvalue weighted by molar-refractivity contribution is 5.99. The van der Waals surface area contributed by atoms with Gasteiger partial charge in [-0.15, -0.1) is 12.4 Å². The van der Waals surface area contributed by atoms with Gasteiger partial charge in [0.05, 0.1) is 5.56 Å². The third-order valence-corrected chi connectivity index (χ3v) is 2.89. The standard InChI is InChI=1S/C12H16N2O.ClH/c1-8(9-6-7-9)14-12(15)10-4-2-3-5-11(10)13;/h2-5,8-9H,6-7,13H2,1H3,(H,14,15);1H. The van der Waals surface area contributed by atoms with Crippen LogP contribution in [0.3, 0.4) is 0 Å². The van der Waals surface area contributed by atoms with Crippen molar-refractivity contribution in [3.8, 4) is 0 Å². The summed E-state index contributed by atoms with van der Waals surface area (Å²) in [5, 5.41) is 2.98. The fourth-order valence-corrected chi connectivity index (χ4v) is 1.70. The van der Waals surface area contributed by atoms with E-state index in [4.69, 9.17) is 5.73 Å². The highest BCUT2D eigenvalue weighted by Gasteiger charge is 2.29. The van der Waals surface area contributed by atoms with E-state index in [1.54, 1.807) is 12.1 Å². The molecular formula is C12H17ClN2O. The Morgan fingerprint density at radius 2 is 2.06 bits per heavy atom. The number of para-hydroxylation sites is 1. The molecule has 3 nitrogen and oxygen atoms in total. The Morgan fingerprint density at radius 3 is 2.62 bits per heavy atom. The van der Waals surface area contributed by atoms with Crippen LogP contribution in [-0.2, 0) is 0 Å². The van der Waals surface area contributed by atoms with E-state index in [0.717, 1.165) is 0 Å². The molecule has 1 atom stereocenters. The molecule has 0 heterocycles. The van der Waals surface area contributed by atoms with Crippen molar-refractivity contribution < 1.29 is 4.79 Å². The van der Waals surface area contributed by atoms with Gasteiger partial charge in [0.15, 0.2) is 0 Å². The maximum Gasteiger partial charge on any atom is 0.253 e. The van der Waals surface area contributed by atoms with Crippen molar-refractivity contribution >= 4 is 24.0 Å². The second kappa shape index (κ2) is 5.21. The van der Waals surface area contributed by atoms with Crippen LogP contribution in [0.15, 0.2) is 24.3 Å². The fourth-order valence-electron chi connectivity index (χ4n) is 1.70. The Labute approximate surface area is 102 Å². The largest absolute Gasteiger partial charge is 0.398 e. The van der Waals surface area contributed by atoms with Crippen molar-refractivity contribution in [3.63, 3.8) is 0 Å². The lowest BCUT2D eigenvalue weighted by atomic mass is 10.1. The number of amides is 1. The molecule has 1 aromatic carbocycles. The predicted octanol–water partition coefficient (Wildman–Crippen LogP) is 2.22. The molecule has 0 radical (unpaired) electrons. The number of benzene rings is 1. The van der Waals surface area contributed by atoms with Gasteiger partial charge in [-0.3, -0.25) is 4.79 Å². The lowest BCUT2D eigenvalue weighted by Crippen LogP contribution is -2.34. The number of nitrogens with two attached hydrogens (primary N) is 1. The molecule has 4 heteroatoms. The van der Waals surface area contributed by atoms with Crippen molar-refractivity contribution in [1.29, 1.82) is 0 Å². The van der Waals surface area contributed by atoms with Crippen molar-refractivity contribution in [1.82, 2.24) is 5.32 Å². The molecule has 2 rings (SSSR count). The molecule has 0 saturated heterocycles. The van der Waals surface area contributed by atoms with Gasteiger partial charge in [0.25, 0.3) is 5.91 Å². The number of rotatable bonds is 3. The zero-order valence-electron chi connectivity index (χ0n) is 9.27. The predicted molar refractivity (Wildman–Crippen MR) is 67.8 cm³/mol. The van der Waals surface area contributed by atoms with Gasteiger partial charge in [-0.1, -0.05) is 12.1 Å². The Hall–Kier alpha value is -1.22. The number of nitrogens with one attached hydrogen (secondary N) is 1.